The van der Waals surface area contributed by atoms with Crippen molar-refractivity contribution in [1.82, 2.24) is 10.2 Å². The highest BCUT2D eigenvalue weighted by molar-refractivity contribution is 6.29. The lowest BCUT2D eigenvalue weighted by atomic mass is 10.1. The van der Waals surface area contributed by atoms with E-state index in [1.165, 1.54) is 12.1 Å². The molecule has 5 heteroatoms. The van der Waals surface area contributed by atoms with E-state index in [9.17, 15) is 4.39 Å². The normalized spacial score (nSPS) is 12.2. The smallest absolute Gasteiger partial charge is 0.152 e. The van der Waals surface area contributed by atoms with Gasteiger partial charge in [0.1, 0.15) is 5.82 Å². The maximum Gasteiger partial charge on any atom is 0.152 e. The van der Waals surface area contributed by atoms with Crippen LogP contribution in [0.2, 0.25) is 5.15 Å². The van der Waals surface area contributed by atoms with Crippen molar-refractivity contribution in [1.29, 1.82) is 0 Å². The number of rotatable bonds is 3. The summed E-state index contributed by atoms with van der Waals surface area (Å²) < 4.78 is 12.8. The molecule has 1 aromatic heterocycles. The van der Waals surface area contributed by atoms with Crippen LogP contribution in [0.25, 0.3) is 0 Å². The number of anilines is 1. The van der Waals surface area contributed by atoms with E-state index in [2.05, 4.69) is 15.5 Å². The Morgan fingerprint density at radius 3 is 2.50 bits per heavy atom. The highest BCUT2D eigenvalue weighted by Gasteiger charge is 2.09. The number of nitrogens with one attached hydrogen (secondary N) is 1. The quantitative estimate of drug-likeness (QED) is 0.918. The summed E-state index contributed by atoms with van der Waals surface area (Å²) in [7, 11) is 0. The summed E-state index contributed by atoms with van der Waals surface area (Å²) in [4.78, 5) is 0. The summed E-state index contributed by atoms with van der Waals surface area (Å²) >= 11 is 5.74. The zero-order valence-electron chi connectivity index (χ0n) is 10.1. The molecule has 0 fully saturated rings. The lowest BCUT2D eigenvalue weighted by Gasteiger charge is -2.15. The van der Waals surface area contributed by atoms with Crippen molar-refractivity contribution in [2.75, 3.05) is 5.32 Å². The predicted octanol–water partition coefficient (Wildman–Crippen LogP) is 3.75. The number of hydrogen-bond acceptors (Lipinski definition) is 3. The molecule has 0 saturated heterocycles. The molecule has 2 aromatic rings. The van der Waals surface area contributed by atoms with Gasteiger partial charge >= 0.3 is 0 Å². The van der Waals surface area contributed by atoms with Crippen molar-refractivity contribution < 1.29 is 4.39 Å². The summed E-state index contributed by atoms with van der Waals surface area (Å²) in [6, 6.07) is 8.12. The third kappa shape index (κ3) is 2.96. The van der Waals surface area contributed by atoms with Crippen LogP contribution in [0.15, 0.2) is 30.3 Å². The number of halogens is 2. The number of benzene rings is 1. The van der Waals surface area contributed by atoms with Crippen LogP contribution in [-0.4, -0.2) is 10.2 Å². The Hall–Kier alpha value is -1.68. The van der Waals surface area contributed by atoms with Crippen LogP contribution in [0.4, 0.5) is 10.2 Å². The van der Waals surface area contributed by atoms with Crippen LogP contribution < -0.4 is 5.32 Å². The molecule has 1 heterocycles. The van der Waals surface area contributed by atoms with E-state index in [0.717, 1.165) is 11.1 Å². The number of nitrogens with zero attached hydrogens (tertiary/aromatic N) is 2. The average molecular weight is 266 g/mol. The summed E-state index contributed by atoms with van der Waals surface area (Å²) in [6.07, 6.45) is 0. The molecule has 18 heavy (non-hydrogen) atoms. The predicted molar refractivity (Wildman–Crippen MR) is 70.2 cm³/mol. The van der Waals surface area contributed by atoms with Crippen LogP contribution >= 0.6 is 11.6 Å². The van der Waals surface area contributed by atoms with Gasteiger partial charge in [-0.1, -0.05) is 23.7 Å². The van der Waals surface area contributed by atoms with Crippen molar-refractivity contribution >= 4 is 17.4 Å². The molecule has 0 aliphatic heterocycles. The molecule has 1 N–H and O–H groups in total. The van der Waals surface area contributed by atoms with Gasteiger partial charge in [-0.25, -0.2) is 4.39 Å². The third-order valence-electron chi connectivity index (χ3n) is 2.68. The lowest BCUT2D eigenvalue weighted by Crippen LogP contribution is -2.09. The summed E-state index contributed by atoms with van der Waals surface area (Å²) in [5.41, 5.74) is 1.90. The number of aromatic nitrogens is 2. The second-order valence-corrected chi connectivity index (χ2v) is 4.50. The van der Waals surface area contributed by atoms with Crippen molar-refractivity contribution in [2.45, 2.75) is 19.9 Å². The molecule has 94 valence electrons. The first-order chi connectivity index (χ1) is 8.56. The molecule has 1 aromatic carbocycles. The van der Waals surface area contributed by atoms with Crippen molar-refractivity contribution in [2.24, 2.45) is 0 Å². The molecule has 0 saturated carbocycles. The Kier molecular flexibility index (Phi) is 3.77. The maximum absolute atomic E-state index is 12.8. The fraction of sp³-hybridized carbons (Fsp3) is 0.231. The van der Waals surface area contributed by atoms with Crippen molar-refractivity contribution in [3.8, 4) is 0 Å². The minimum absolute atomic E-state index is 0.0137. The molecular weight excluding hydrogens is 253 g/mol. The standard InChI is InChI=1S/C13H13ClFN3/c1-8-7-12(14)17-18-13(8)16-9(2)10-3-5-11(15)6-4-10/h3-7,9H,1-2H3,(H,16,18)/t9-/m0/s1. The topological polar surface area (TPSA) is 37.8 Å². The van der Waals surface area contributed by atoms with Gasteiger partial charge in [0.25, 0.3) is 0 Å². The second kappa shape index (κ2) is 5.31. The molecule has 0 bridgehead atoms. The average Bonchev–Trinajstić information content (AvgIpc) is 2.33. The molecule has 0 aliphatic rings. The van der Waals surface area contributed by atoms with Gasteiger partial charge in [0.2, 0.25) is 0 Å². The van der Waals surface area contributed by atoms with Crippen LogP contribution in [0.3, 0.4) is 0 Å². The Morgan fingerprint density at radius 1 is 1.22 bits per heavy atom. The number of aryl methyl sites for hydroxylation is 1. The second-order valence-electron chi connectivity index (χ2n) is 4.12. The van der Waals surface area contributed by atoms with Crippen LogP contribution in [0, 0.1) is 12.7 Å². The van der Waals surface area contributed by atoms with E-state index in [-0.39, 0.29) is 11.9 Å². The van der Waals surface area contributed by atoms with Gasteiger partial charge < -0.3 is 5.32 Å². The van der Waals surface area contributed by atoms with E-state index in [1.54, 1.807) is 18.2 Å². The van der Waals surface area contributed by atoms with Crippen LogP contribution in [0.1, 0.15) is 24.1 Å². The van der Waals surface area contributed by atoms with Gasteiger partial charge in [-0.2, -0.15) is 0 Å². The Morgan fingerprint density at radius 2 is 1.89 bits per heavy atom. The molecular formula is C13H13ClFN3. The zero-order valence-corrected chi connectivity index (χ0v) is 10.9. The van der Waals surface area contributed by atoms with Gasteiger partial charge in [-0.15, -0.1) is 10.2 Å². The van der Waals surface area contributed by atoms with E-state index in [1.807, 2.05) is 13.8 Å². The first-order valence-electron chi connectivity index (χ1n) is 5.58. The van der Waals surface area contributed by atoms with E-state index >= 15 is 0 Å². The fourth-order valence-electron chi connectivity index (χ4n) is 1.64. The largest absolute Gasteiger partial charge is 0.362 e. The lowest BCUT2D eigenvalue weighted by molar-refractivity contribution is 0.626. The molecule has 3 nitrogen and oxygen atoms in total. The highest BCUT2D eigenvalue weighted by atomic mass is 35.5. The van der Waals surface area contributed by atoms with Crippen LogP contribution in [0.5, 0.6) is 0 Å². The summed E-state index contributed by atoms with van der Waals surface area (Å²) in [5, 5.41) is 11.4. The Balaban J connectivity index is 2.15. The van der Waals surface area contributed by atoms with E-state index < -0.39 is 0 Å². The maximum atomic E-state index is 12.8. The van der Waals surface area contributed by atoms with E-state index in [4.69, 9.17) is 11.6 Å². The van der Waals surface area contributed by atoms with Gasteiger partial charge in [0.05, 0.1) is 6.04 Å². The molecule has 0 spiro atoms. The molecule has 0 aliphatic carbocycles. The van der Waals surface area contributed by atoms with Gasteiger partial charge in [-0.05, 0) is 43.2 Å². The highest BCUT2D eigenvalue weighted by Crippen LogP contribution is 2.21. The first kappa shape index (κ1) is 12.8. The SMILES string of the molecule is Cc1cc(Cl)nnc1N[C@@H](C)c1ccc(F)cc1. The minimum Gasteiger partial charge on any atom is -0.362 e. The minimum atomic E-state index is -0.242. The van der Waals surface area contributed by atoms with Crippen molar-refractivity contribution in [3.05, 3.63) is 52.4 Å². The van der Waals surface area contributed by atoms with E-state index in [0.29, 0.717) is 11.0 Å². The number of hydrogen-bond donors (Lipinski definition) is 1. The molecule has 1 atom stereocenters. The summed E-state index contributed by atoms with van der Waals surface area (Å²) in [6.45, 7) is 3.88. The van der Waals surface area contributed by atoms with Crippen LogP contribution in [-0.2, 0) is 0 Å². The monoisotopic (exact) mass is 265 g/mol. The molecule has 0 unspecified atom stereocenters. The molecule has 0 radical (unpaired) electrons. The molecule has 2 rings (SSSR count). The van der Waals surface area contributed by atoms with Gasteiger partial charge in [0.15, 0.2) is 11.0 Å². The van der Waals surface area contributed by atoms with Gasteiger partial charge in [-0.3, -0.25) is 0 Å². The third-order valence-corrected chi connectivity index (χ3v) is 2.86. The molecule has 0 amide bonds. The summed E-state index contributed by atoms with van der Waals surface area (Å²) in [5.74, 6) is 0.435. The first-order valence-corrected chi connectivity index (χ1v) is 5.96. The Labute approximate surface area is 110 Å². The van der Waals surface area contributed by atoms with Gasteiger partial charge in [0, 0.05) is 0 Å². The Bertz CT molecular complexity index is 542. The fourth-order valence-corrected chi connectivity index (χ4v) is 1.84. The van der Waals surface area contributed by atoms with Crippen molar-refractivity contribution in [3.63, 3.8) is 0 Å². The zero-order chi connectivity index (χ0) is 13.1.